The van der Waals surface area contributed by atoms with E-state index in [0.29, 0.717) is 5.76 Å². The van der Waals surface area contributed by atoms with Gasteiger partial charge in [-0.05, 0) is 13.1 Å². The molecular weight excluding hydrogens is 166 g/mol. The van der Waals surface area contributed by atoms with Crippen molar-refractivity contribution in [3.05, 3.63) is 23.2 Å². The fraction of sp³-hybridized carbons (Fsp3) is 0.500. The van der Waals surface area contributed by atoms with Gasteiger partial charge >= 0.3 is 0 Å². The second-order valence-electron chi connectivity index (χ2n) is 3.60. The lowest BCUT2D eigenvalue weighted by molar-refractivity contribution is 0.0985. The Morgan fingerprint density at radius 2 is 2.38 bits per heavy atom. The van der Waals surface area contributed by atoms with Gasteiger partial charge in [0, 0.05) is 32.0 Å². The summed E-state index contributed by atoms with van der Waals surface area (Å²) in [5, 5.41) is 0. The van der Waals surface area contributed by atoms with Crippen molar-refractivity contribution in [2.75, 3.05) is 13.6 Å². The molecule has 1 aliphatic heterocycles. The molecular formula is C10H13NO2. The fourth-order valence-electron chi connectivity index (χ4n) is 1.65. The molecule has 0 amide bonds. The van der Waals surface area contributed by atoms with Crippen LogP contribution >= 0.6 is 0 Å². The molecule has 0 atom stereocenters. The van der Waals surface area contributed by atoms with Crippen LogP contribution in [0.1, 0.15) is 28.8 Å². The number of nitrogens with zero attached hydrogens (tertiary/aromatic N) is 1. The third-order valence-corrected chi connectivity index (χ3v) is 2.40. The molecule has 0 spiro atoms. The van der Waals surface area contributed by atoms with E-state index in [9.17, 15) is 4.79 Å². The lowest BCUT2D eigenvalue weighted by Gasteiger charge is -2.20. The first-order valence-corrected chi connectivity index (χ1v) is 4.48. The van der Waals surface area contributed by atoms with Gasteiger partial charge in [-0.1, -0.05) is 0 Å². The quantitative estimate of drug-likeness (QED) is 0.612. The van der Waals surface area contributed by atoms with E-state index >= 15 is 0 Å². The Morgan fingerprint density at radius 3 is 3.08 bits per heavy atom. The van der Waals surface area contributed by atoms with Crippen molar-refractivity contribution in [3.8, 4) is 0 Å². The van der Waals surface area contributed by atoms with Gasteiger partial charge < -0.3 is 9.32 Å². The molecule has 1 aromatic rings. The average molecular weight is 179 g/mol. The molecule has 13 heavy (non-hydrogen) atoms. The molecule has 2 heterocycles. The van der Waals surface area contributed by atoms with Crippen LogP contribution < -0.4 is 0 Å². The normalized spacial score (nSPS) is 17.1. The van der Waals surface area contributed by atoms with Crippen molar-refractivity contribution in [3.63, 3.8) is 0 Å². The standard InChI is InChI=1S/C10H13NO2/c1-7(12)10-5-8-6-11(2)4-3-9(8)13-10/h5H,3-4,6H2,1-2H3. The van der Waals surface area contributed by atoms with Gasteiger partial charge in [-0.25, -0.2) is 0 Å². The molecule has 0 saturated heterocycles. The monoisotopic (exact) mass is 179 g/mol. The maximum atomic E-state index is 11.0. The first-order valence-electron chi connectivity index (χ1n) is 4.48. The van der Waals surface area contributed by atoms with Gasteiger partial charge in [0.1, 0.15) is 5.76 Å². The zero-order chi connectivity index (χ0) is 9.42. The number of hydrogen-bond acceptors (Lipinski definition) is 3. The van der Waals surface area contributed by atoms with E-state index in [2.05, 4.69) is 11.9 Å². The zero-order valence-electron chi connectivity index (χ0n) is 7.96. The number of hydrogen-bond donors (Lipinski definition) is 0. The van der Waals surface area contributed by atoms with E-state index in [1.807, 2.05) is 6.07 Å². The molecule has 3 nitrogen and oxygen atoms in total. The molecule has 0 unspecified atom stereocenters. The smallest absolute Gasteiger partial charge is 0.194 e. The van der Waals surface area contributed by atoms with Crippen LogP contribution in [-0.2, 0) is 13.0 Å². The SMILES string of the molecule is CC(=O)c1cc2c(o1)CCN(C)C2. The Kier molecular flexibility index (Phi) is 1.96. The van der Waals surface area contributed by atoms with Crippen LogP contribution in [0.5, 0.6) is 0 Å². The van der Waals surface area contributed by atoms with E-state index < -0.39 is 0 Å². The van der Waals surface area contributed by atoms with Crippen molar-refractivity contribution in [1.29, 1.82) is 0 Å². The van der Waals surface area contributed by atoms with E-state index in [4.69, 9.17) is 4.42 Å². The van der Waals surface area contributed by atoms with Crippen LogP contribution in [0.3, 0.4) is 0 Å². The summed E-state index contributed by atoms with van der Waals surface area (Å²) in [6, 6.07) is 1.87. The molecule has 70 valence electrons. The molecule has 0 saturated carbocycles. The van der Waals surface area contributed by atoms with E-state index in [0.717, 1.165) is 25.3 Å². The number of fused-ring (bicyclic) bond motifs is 1. The first-order chi connectivity index (χ1) is 6.16. The Bertz CT molecular complexity index is 341. The number of rotatable bonds is 1. The number of carbonyl (C=O) groups excluding carboxylic acids is 1. The Hall–Kier alpha value is -1.09. The molecule has 3 heteroatoms. The minimum Gasteiger partial charge on any atom is -0.458 e. The predicted molar refractivity (Wildman–Crippen MR) is 48.8 cm³/mol. The fourth-order valence-corrected chi connectivity index (χ4v) is 1.65. The maximum absolute atomic E-state index is 11.0. The number of carbonyl (C=O) groups is 1. The number of likely N-dealkylation sites (N-methyl/N-ethyl adjacent to an activating group) is 1. The molecule has 0 bridgehead atoms. The minimum absolute atomic E-state index is 0.0112. The lowest BCUT2D eigenvalue weighted by Crippen LogP contribution is -2.25. The molecule has 0 aromatic carbocycles. The van der Waals surface area contributed by atoms with Crippen molar-refractivity contribution in [1.82, 2.24) is 4.90 Å². The number of furan rings is 1. The lowest BCUT2D eigenvalue weighted by atomic mass is 10.1. The van der Waals surface area contributed by atoms with Gasteiger partial charge in [-0.3, -0.25) is 4.79 Å². The molecule has 1 aromatic heterocycles. The Morgan fingerprint density at radius 1 is 1.62 bits per heavy atom. The minimum atomic E-state index is 0.0112. The first kappa shape index (κ1) is 8.51. The van der Waals surface area contributed by atoms with Crippen LogP contribution in [0.25, 0.3) is 0 Å². The van der Waals surface area contributed by atoms with Gasteiger partial charge in [0.2, 0.25) is 0 Å². The van der Waals surface area contributed by atoms with Gasteiger partial charge in [0.25, 0.3) is 0 Å². The van der Waals surface area contributed by atoms with Crippen molar-refractivity contribution in [2.24, 2.45) is 0 Å². The van der Waals surface area contributed by atoms with Gasteiger partial charge in [-0.15, -0.1) is 0 Å². The van der Waals surface area contributed by atoms with Crippen molar-refractivity contribution in [2.45, 2.75) is 19.9 Å². The van der Waals surface area contributed by atoms with Crippen LogP contribution in [0.2, 0.25) is 0 Å². The summed E-state index contributed by atoms with van der Waals surface area (Å²) in [6.45, 7) is 3.44. The summed E-state index contributed by atoms with van der Waals surface area (Å²) in [5.41, 5.74) is 1.17. The highest BCUT2D eigenvalue weighted by atomic mass is 16.3. The summed E-state index contributed by atoms with van der Waals surface area (Å²) in [5.74, 6) is 1.50. The molecule has 1 aliphatic rings. The van der Waals surface area contributed by atoms with Crippen LogP contribution in [0.15, 0.2) is 10.5 Å². The van der Waals surface area contributed by atoms with Crippen LogP contribution in [0.4, 0.5) is 0 Å². The molecule has 0 fully saturated rings. The summed E-state index contributed by atoms with van der Waals surface area (Å²) in [7, 11) is 2.07. The second-order valence-corrected chi connectivity index (χ2v) is 3.60. The zero-order valence-corrected chi connectivity index (χ0v) is 7.96. The summed E-state index contributed by atoms with van der Waals surface area (Å²) in [4.78, 5) is 13.3. The molecule has 2 rings (SSSR count). The van der Waals surface area contributed by atoms with Gasteiger partial charge in [-0.2, -0.15) is 0 Å². The summed E-state index contributed by atoms with van der Waals surface area (Å²) < 4.78 is 5.44. The van der Waals surface area contributed by atoms with E-state index in [1.54, 1.807) is 0 Å². The highest BCUT2D eigenvalue weighted by Crippen LogP contribution is 2.22. The van der Waals surface area contributed by atoms with Gasteiger partial charge in [0.15, 0.2) is 11.5 Å². The van der Waals surface area contributed by atoms with E-state index in [1.165, 1.54) is 12.5 Å². The van der Waals surface area contributed by atoms with Crippen molar-refractivity contribution < 1.29 is 9.21 Å². The highest BCUT2D eigenvalue weighted by Gasteiger charge is 2.19. The Balaban J connectivity index is 2.33. The molecule has 0 aliphatic carbocycles. The maximum Gasteiger partial charge on any atom is 0.194 e. The second kappa shape index (κ2) is 3.00. The van der Waals surface area contributed by atoms with Crippen molar-refractivity contribution >= 4 is 5.78 Å². The third kappa shape index (κ3) is 1.52. The highest BCUT2D eigenvalue weighted by molar-refractivity contribution is 5.91. The summed E-state index contributed by atoms with van der Waals surface area (Å²) >= 11 is 0. The topological polar surface area (TPSA) is 33.5 Å². The van der Waals surface area contributed by atoms with Gasteiger partial charge in [0.05, 0.1) is 0 Å². The number of ketones is 1. The largest absolute Gasteiger partial charge is 0.458 e. The van der Waals surface area contributed by atoms with E-state index in [-0.39, 0.29) is 5.78 Å². The average Bonchev–Trinajstić information content (AvgIpc) is 2.46. The number of Topliss-reactive ketones (excluding diaryl/α,β-unsaturated/α-hetero) is 1. The molecule has 0 N–H and O–H groups in total. The molecule has 0 radical (unpaired) electrons. The van der Waals surface area contributed by atoms with Crippen LogP contribution in [-0.4, -0.2) is 24.3 Å². The Labute approximate surface area is 77.3 Å². The van der Waals surface area contributed by atoms with Crippen LogP contribution in [0, 0.1) is 0 Å². The third-order valence-electron chi connectivity index (χ3n) is 2.40. The predicted octanol–water partition coefficient (Wildman–Crippen LogP) is 1.47. The summed E-state index contributed by atoms with van der Waals surface area (Å²) in [6.07, 6.45) is 0.916.